The standard InChI is InChI=1S/2C6H8O4.Ca/c2*1-2-4(6(9)10)3-5(7)8;/h2*3H,2H2,1H3,(H,7,8)(H,9,10);/q;;+2/p-2/b2*4-3+;. The van der Waals surface area contributed by atoms with Gasteiger partial charge < -0.3 is 30.0 Å². The molecule has 21 heavy (non-hydrogen) atoms. The second-order valence-corrected chi connectivity index (χ2v) is 3.30. The van der Waals surface area contributed by atoms with E-state index in [0.717, 1.165) is 0 Å². The molecule has 0 aliphatic heterocycles. The van der Waals surface area contributed by atoms with Crippen LogP contribution in [-0.2, 0) is 19.2 Å². The van der Waals surface area contributed by atoms with E-state index >= 15 is 0 Å². The van der Waals surface area contributed by atoms with Crippen molar-refractivity contribution in [3.63, 3.8) is 0 Å². The van der Waals surface area contributed by atoms with Gasteiger partial charge in [-0.3, -0.25) is 0 Å². The van der Waals surface area contributed by atoms with Gasteiger partial charge >= 0.3 is 49.7 Å². The minimum atomic E-state index is -1.43. The molecule has 0 aliphatic rings. The van der Waals surface area contributed by atoms with Crippen molar-refractivity contribution in [2.45, 2.75) is 26.7 Å². The van der Waals surface area contributed by atoms with Crippen molar-refractivity contribution in [1.29, 1.82) is 0 Å². The molecule has 0 unspecified atom stereocenters. The van der Waals surface area contributed by atoms with Crippen molar-refractivity contribution in [3.8, 4) is 0 Å². The van der Waals surface area contributed by atoms with Gasteiger partial charge in [0.1, 0.15) is 0 Å². The van der Waals surface area contributed by atoms with Crippen LogP contribution in [0.25, 0.3) is 0 Å². The topological polar surface area (TPSA) is 155 Å². The van der Waals surface area contributed by atoms with Gasteiger partial charge in [-0.1, -0.05) is 13.8 Å². The van der Waals surface area contributed by atoms with Crippen molar-refractivity contribution < 1.29 is 39.6 Å². The molecule has 0 saturated heterocycles. The van der Waals surface area contributed by atoms with E-state index in [4.69, 9.17) is 10.2 Å². The molecule has 0 bridgehead atoms. The Kier molecular flexibility index (Phi) is 15.9. The molecule has 0 heterocycles. The fourth-order valence-electron chi connectivity index (χ4n) is 0.909. The summed E-state index contributed by atoms with van der Waals surface area (Å²) < 4.78 is 0. The molecule has 9 heteroatoms. The van der Waals surface area contributed by atoms with Crippen molar-refractivity contribution in [1.82, 2.24) is 0 Å². The van der Waals surface area contributed by atoms with Crippen LogP contribution in [0.3, 0.4) is 0 Å². The van der Waals surface area contributed by atoms with E-state index in [2.05, 4.69) is 0 Å². The molecule has 2 N–H and O–H groups in total. The molecule has 0 radical (unpaired) electrons. The van der Waals surface area contributed by atoms with Gasteiger partial charge in [0.2, 0.25) is 0 Å². The van der Waals surface area contributed by atoms with E-state index in [1.807, 2.05) is 0 Å². The van der Waals surface area contributed by atoms with Gasteiger partial charge in [-0.05, 0) is 24.0 Å². The summed E-state index contributed by atoms with van der Waals surface area (Å²) in [5.41, 5.74) is -0.403. The monoisotopic (exact) mass is 326 g/mol. The fourth-order valence-corrected chi connectivity index (χ4v) is 0.909. The van der Waals surface area contributed by atoms with Crippen LogP contribution < -0.4 is 10.2 Å². The Labute approximate surface area is 150 Å². The third kappa shape index (κ3) is 14.8. The summed E-state index contributed by atoms with van der Waals surface area (Å²) in [6, 6.07) is 0. The summed E-state index contributed by atoms with van der Waals surface area (Å²) in [4.78, 5) is 39.9. The fraction of sp³-hybridized carbons (Fsp3) is 0.333. The van der Waals surface area contributed by atoms with Gasteiger partial charge in [0.15, 0.2) is 0 Å². The van der Waals surface area contributed by atoms with Crippen LogP contribution >= 0.6 is 0 Å². The Hall–Kier alpha value is -1.38. The minimum absolute atomic E-state index is 0. The van der Waals surface area contributed by atoms with Crippen LogP contribution in [0.4, 0.5) is 0 Å². The Balaban J connectivity index is -0.000000295. The van der Waals surface area contributed by atoms with E-state index in [1.54, 1.807) is 13.8 Å². The maximum absolute atomic E-state index is 10.0. The summed E-state index contributed by atoms with van der Waals surface area (Å²) >= 11 is 0. The number of rotatable bonds is 6. The molecule has 0 aliphatic carbocycles. The van der Waals surface area contributed by atoms with Crippen LogP contribution in [0, 0.1) is 0 Å². The first-order valence-electron chi connectivity index (χ1n) is 5.45. The van der Waals surface area contributed by atoms with Crippen molar-refractivity contribution in [2.75, 3.05) is 0 Å². The maximum atomic E-state index is 10.0. The average Bonchev–Trinajstić information content (AvgIpc) is 2.32. The summed E-state index contributed by atoms with van der Waals surface area (Å²) in [6.45, 7) is 3.09. The van der Waals surface area contributed by atoms with Crippen LogP contribution in [0.5, 0.6) is 0 Å². The van der Waals surface area contributed by atoms with Crippen LogP contribution in [-0.4, -0.2) is 71.8 Å². The molecule has 0 aromatic heterocycles. The smallest absolute Gasteiger partial charge is 0.545 e. The Bertz CT molecular complexity index is 408. The molecule has 0 spiro atoms. The number of hydrogen-bond acceptors (Lipinski definition) is 6. The number of carbonyl (C=O) groups excluding carboxylic acids is 2. The first kappa shape index (κ1) is 24.6. The number of hydrogen-bond donors (Lipinski definition) is 2. The third-order valence-corrected chi connectivity index (χ3v) is 1.88. The van der Waals surface area contributed by atoms with Gasteiger partial charge in [0.05, 0.1) is 11.9 Å². The zero-order valence-corrected chi connectivity index (χ0v) is 13.8. The van der Waals surface area contributed by atoms with E-state index in [-0.39, 0.29) is 61.7 Å². The predicted molar refractivity (Wildman–Crippen MR) is 67.8 cm³/mol. The molecule has 0 aromatic rings. The van der Waals surface area contributed by atoms with Crippen molar-refractivity contribution in [3.05, 3.63) is 23.3 Å². The molecule has 112 valence electrons. The quantitative estimate of drug-likeness (QED) is 0.417. The molecule has 0 atom stereocenters. The predicted octanol–water partition coefficient (Wildman–Crippen LogP) is -2.07. The zero-order valence-electron chi connectivity index (χ0n) is 11.6. The molecule has 0 saturated carbocycles. The van der Waals surface area contributed by atoms with Crippen molar-refractivity contribution >= 4 is 61.6 Å². The molecular formula is C12H14CaO8. The maximum Gasteiger partial charge on any atom is 2.00 e. The van der Waals surface area contributed by atoms with Crippen molar-refractivity contribution in [2.24, 2.45) is 0 Å². The Morgan fingerprint density at radius 2 is 1.05 bits per heavy atom. The summed E-state index contributed by atoms with van der Waals surface area (Å²) in [5.74, 6) is -5.38. The van der Waals surface area contributed by atoms with E-state index in [1.165, 1.54) is 0 Å². The summed E-state index contributed by atoms with van der Waals surface area (Å²) in [5, 5.41) is 36.2. The van der Waals surface area contributed by atoms with E-state index in [0.29, 0.717) is 12.2 Å². The van der Waals surface area contributed by atoms with E-state index < -0.39 is 23.9 Å². The third-order valence-electron chi connectivity index (χ3n) is 1.88. The van der Waals surface area contributed by atoms with Gasteiger partial charge in [-0.25, -0.2) is 9.59 Å². The average molecular weight is 326 g/mol. The molecule has 0 amide bonds. The zero-order chi connectivity index (χ0) is 16.3. The number of carboxylic acid groups (broad SMARTS) is 4. The largest absolute Gasteiger partial charge is 2.00 e. The first-order chi connectivity index (χ1) is 9.15. The minimum Gasteiger partial charge on any atom is -0.545 e. The number of carbonyl (C=O) groups is 4. The first-order valence-corrected chi connectivity index (χ1v) is 5.45. The molecule has 0 rings (SSSR count). The van der Waals surface area contributed by atoms with Gasteiger partial charge in [0, 0.05) is 12.2 Å². The van der Waals surface area contributed by atoms with Crippen LogP contribution in [0.15, 0.2) is 23.3 Å². The normalized spacial score (nSPS) is 10.6. The summed E-state index contributed by atoms with van der Waals surface area (Å²) in [6.07, 6.45) is 1.59. The number of aliphatic carboxylic acids is 4. The van der Waals surface area contributed by atoms with Gasteiger partial charge in [-0.2, -0.15) is 0 Å². The molecule has 8 nitrogen and oxygen atoms in total. The van der Waals surface area contributed by atoms with E-state index in [9.17, 15) is 29.4 Å². The second kappa shape index (κ2) is 13.6. The Morgan fingerprint density at radius 3 is 1.10 bits per heavy atom. The second-order valence-electron chi connectivity index (χ2n) is 3.30. The van der Waals surface area contributed by atoms with Crippen LogP contribution in [0.1, 0.15) is 26.7 Å². The van der Waals surface area contributed by atoms with Crippen LogP contribution in [0.2, 0.25) is 0 Å². The summed E-state index contributed by atoms with van der Waals surface area (Å²) in [7, 11) is 0. The van der Waals surface area contributed by atoms with Gasteiger partial charge in [0.25, 0.3) is 0 Å². The Morgan fingerprint density at radius 1 is 0.810 bits per heavy atom. The number of carboxylic acids is 4. The SMILES string of the molecule is CC/C(=C\C(=O)O)C(=O)[O-].CC/C(=C\C(=O)O)C(=O)[O-].[Ca+2]. The van der Waals surface area contributed by atoms with Gasteiger partial charge in [-0.15, -0.1) is 0 Å². The molecular weight excluding hydrogens is 312 g/mol. The molecule has 0 aromatic carbocycles. The molecule has 0 fully saturated rings.